The van der Waals surface area contributed by atoms with Crippen molar-refractivity contribution in [3.8, 4) is 22.5 Å². The number of likely N-dealkylation sites (N-methyl/N-ethyl adjacent to an activating group) is 1. The maximum atomic E-state index is 12.3. The normalized spacial score (nSPS) is 25.5. The monoisotopic (exact) mass is 435 g/mol. The summed E-state index contributed by atoms with van der Waals surface area (Å²) in [5, 5.41) is 27.9. The van der Waals surface area contributed by atoms with Crippen LogP contribution in [0.15, 0.2) is 47.1 Å². The first-order valence-electron chi connectivity index (χ1n) is 10.8. The Kier molecular flexibility index (Phi) is 5.15. The van der Waals surface area contributed by atoms with Gasteiger partial charge in [0.15, 0.2) is 5.76 Å². The number of nitrogens with one attached hydrogen (secondary N) is 1. The van der Waals surface area contributed by atoms with E-state index in [1.54, 1.807) is 19.3 Å². The van der Waals surface area contributed by atoms with Gasteiger partial charge in [0.1, 0.15) is 5.69 Å². The summed E-state index contributed by atoms with van der Waals surface area (Å²) < 4.78 is 5.37. The first-order chi connectivity index (χ1) is 15.4. The summed E-state index contributed by atoms with van der Waals surface area (Å²) in [6.07, 6.45) is 4.08. The number of aliphatic hydroxyl groups excluding tert-OH is 1. The molecule has 166 valence electrons. The largest absolute Gasteiger partial charge is 0.393 e. The van der Waals surface area contributed by atoms with Crippen molar-refractivity contribution in [3.63, 3.8) is 0 Å². The summed E-state index contributed by atoms with van der Waals surface area (Å²) >= 11 is 0. The lowest BCUT2D eigenvalue weighted by molar-refractivity contribution is -0.144. The number of aliphatic hydroxyl groups is 2. The number of amides is 1. The minimum Gasteiger partial charge on any atom is -0.393 e. The lowest BCUT2D eigenvalue weighted by Crippen LogP contribution is -2.35. The first-order valence-corrected chi connectivity index (χ1v) is 10.8. The maximum absolute atomic E-state index is 12.3. The fourth-order valence-corrected chi connectivity index (χ4v) is 4.39. The Hall–Kier alpha value is -3.30. The fraction of sp³-hybridized carbons (Fsp3) is 0.391. The lowest BCUT2D eigenvalue weighted by atomic mass is 9.98. The van der Waals surface area contributed by atoms with Gasteiger partial charge in [0.25, 0.3) is 5.91 Å². The number of anilines is 1. The van der Waals surface area contributed by atoms with Gasteiger partial charge >= 0.3 is 0 Å². The number of hydrogen-bond acceptors (Lipinski definition) is 8. The lowest BCUT2D eigenvalue weighted by Gasteiger charge is -2.16. The van der Waals surface area contributed by atoms with Crippen LogP contribution in [0.5, 0.6) is 0 Å². The molecular formula is C23H25N5O4. The van der Waals surface area contributed by atoms with Crippen LogP contribution in [0.1, 0.15) is 31.4 Å². The molecule has 32 heavy (non-hydrogen) atoms. The molecule has 5 rings (SSSR count). The second-order valence-corrected chi connectivity index (χ2v) is 8.57. The minimum atomic E-state index is -1.67. The second-order valence-electron chi connectivity index (χ2n) is 8.57. The van der Waals surface area contributed by atoms with Crippen molar-refractivity contribution >= 4 is 11.9 Å². The highest BCUT2D eigenvalue weighted by atomic mass is 16.5. The van der Waals surface area contributed by atoms with Gasteiger partial charge in [-0.05, 0) is 31.4 Å². The highest BCUT2D eigenvalue weighted by Gasteiger charge is 2.48. The number of rotatable bonds is 5. The molecule has 1 aliphatic heterocycles. The average Bonchev–Trinajstić information content (AvgIpc) is 3.52. The van der Waals surface area contributed by atoms with Crippen molar-refractivity contribution in [1.29, 1.82) is 0 Å². The number of nitrogens with zero attached hydrogens (tertiary/aromatic N) is 4. The van der Waals surface area contributed by atoms with Gasteiger partial charge < -0.3 is 25.0 Å². The number of aromatic nitrogens is 3. The molecule has 2 aromatic heterocycles. The van der Waals surface area contributed by atoms with Crippen molar-refractivity contribution in [2.45, 2.75) is 43.4 Å². The Labute approximate surface area is 185 Å². The van der Waals surface area contributed by atoms with E-state index in [2.05, 4.69) is 20.4 Å². The van der Waals surface area contributed by atoms with Gasteiger partial charge in [0.2, 0.25) is 11.5 Å². The van der Waals surface area contributed by atoms with Crippen LogP contribution in [0.3, 0.4) is 0 Å². The Bertz CT molecular complexity index is 1150. The first kappa shape index (κ1) is 20.6. The number of carbonyl (C=O) groups excluding carboxylic acids is 1. The molecule has 1 saturated carbocycles. The smallest absolute Gasteiger partial charge is 0.262 e. The van der Waals surface area contributed by atoms with Gasteiger partial charge in [0.05, 0.1) is 11.8 Å². The van der Waals surface area contributed by atoms with Crippen molar-refractivity contribution in [2.24, 2.45) is 0 Å². The molecule has 2 fully saturated rings. The molecule has 1 unspecified atom stereocenters. The molecular weight excluding hydrogens is 410 g/mol. The molecule has 1 aliphatic carbocycles. The van der Waals surface area contributed by atoms with Crippen LogP contribution in [0, 0.1) is 0 Å². The summed E-state index contributed by atoms with van der Waals surface area (Å²) in [4.78, 5) is 22.8. The molecule has 1 amide bonds. The van der Waals surface area contributed by atoms with Crippen molar-refractivity contribution in [1.82, 2.24) is 20.0 Å². The summed E-state index contributed by atoms with van der Waals surface area (Å²) in [6.45, 7) is 0.463. The Morgan fingerprint density at radius 2 is 2.00 bits per heavy atom. The zero-order valence-electron chi connectivity index (χ0n) is 17.7. The third-order valence-electron chi connectivity index (χ3n) is 6.28. The number of benzene rings is 1. The summed E-state index contributed by atoms with van der Waals surface area (Å²) in [5.41, 5.74) is 1.27. The van der Waals surface area contributed by atoms with Crippen molar-refractivity contribution in [2.75, 3.05) is 18.9 Å². The van der Waals surface area contributed by atoms with Gasteiger partial charge in [-0.2, -0.15) is 0 Å². The van der Waals surface area contributed by atoms with E-state index >= 15 is 0 Å². The molecule has 1 aromatic carbocycles. The van der Waals surface area contributed by atoms with Crippen molar-refractivity contribution in [3.05, 3.63) is 48.4 Å². The topological polar surface area (TPSA) is 125 Å². The standard InChI is InChI=1S/C23H25N5O4/c1-28-10-8-23(31,21(28)30)20-13-19(27-32-20)15-4-2-3-14(11-15)18-7-9-24-22(26-18)25-16-5-6-17(29)12-16/h2-4,7,9,11,13,16-17,29,31H,5-6,8,10,12H2,1H3,(H,24,25,26)/t16?,17-,23+/m0/s1. The van der Waals surface area contributed by atoms with Crippen LogP contribution in [0.25, 0.3) is 22.5 Å². The molecule has 9 nitrogen and oxygen atoms in total. The third-order valence-corrected chi connectivity index (χ3v) is 6.28. The Morgan fingerprint density at radius 1 is 1.19 bits per heavy atom. The molecule has 3 heterocycles. The zero-order chi connectivity index (χ0) is 22.3. The molecule has 2 aliphatic rings. The molecule has 3 atom stereocenters. The van der Waals surface area contributed by atoms with E-state index < -0.39 is 5.60 Å². The molecule has 3 aromatic rings. The molecule has 3 N–H and O–H groups in total. The van der Waals surface area contributed by atoms with E-state index in [4.69, 9.17) is 4.52 Å². The Morgan fingerprint density at radius 3 is 2.72 bits per heavy atom. The Balaban J connectivity index is 1.38. The molecule has 0 spiro atoms. The van der Waals surface area contributed by atoms with Gasteiger partial charge in [-0.3, -0.25) is 4.79 Å². The average molecular weight is 435 g/mol. The molecule has 0 bridgehead atoms. The van der Waals surface area contributed by atoms with E-state index in [-0.39, 0.29) is 30.2 Å². The highest BCUT2D eigenvalue weighted by Crippen LogP contribution is 2.35. The zero-order valence-corrected chi connectivity index (χ0v) is 17.7. The quantitative estimate of drug-likeness (QED) is 0.557. The van der Waals surface area contributed by atoms with E-state index in [1.807, 2.05) is 30.3 Å². The van der Waals surface area contributed by atoms with E-state index in [0.29, 0.717) is 24.6 Å². The summed E-state index contributed by atoms with van der Waals surface area (Å²) in [5.74, 6) is 0.297. The molecule has 9 heteroatoms. The van der Waals surface area contributed by atoms with Crippen molar-refractivity contribution < 1.29 is 19.5 Å². The van der Waals surface area contributed by atoms with Crippen LogP contribution in [-0.2, 0) is 10.4 Å². The number of carbonyl (C=O) groups is 1. The van der Waals surface area contributed by atoms with Crippen LogP contribution in [-0.4, -0.2) is 61.9 Å². The van der Waals surface area contributed by atoms with E-state index in [9.17, 15) is 15.0 Å². The summed E-state index contributed by atoms with van der Waals surface area (Å²) in [7, 11) is 1.65. The van der Waals surface area contributed by atoms with Crippen LogP contribution < -0.4 is 5.32 Å². The van der Waals surface area contributed by atoms with E-state index in [0.717, 1.165) is 29.7 Å². The number of hydrogen-bond donors (Lipinski definition) is 3. The predicted molar refractivity (Wildman–Crippen MR) is 116 cm³/mol. The van der Waals surface area contributed by atoms with E-state index in [1.165, 1.54) is 4.90 Å². The van der Waals surface area contributed by atoms with Crippen LogP contribution in [0.4, 0.5) is 5.95 Å². The van der Waals surface area contributed by atoms with Gasteiger partial charge in [-0.1, -0.05) is 23.4 Å². The molecule has 0 radical (unpaired) electrons. The van der Waals surface area contributed by atoms with Crippen LogP contribution in [0.2, 0.25) is 0 Å². The highest BCUT2D eigenvalue weighted by molar-refractivity contribution is 5.87. The SMILES string of the molecule is CN1CC[C@@](O)(c2cc(-c3cccc(-c4ccnc(NC5CC[C@H](O)C5)n4)c3)no2)C1=O. The van der Waals surface area contributed by atoms with Gasteiger partial charge in [-0.25, -0.2) is 9.97 Å². The second kappa shape index (κ2) is 7.99. The van der Waals surface area contributed by atoms with Gasteiger partial charge in [0, 0.05) is 49.4 Å². The van der Waals surface area contributed by atoms with Gasteiger partial charge in [-0.15, -0.1) is 0 Å². The predicted octanol–water partition coefficient (Wildman–Crippen LogP) is 2.17. The minimum absolute atomic E-state index is 0.152. The molecule has 1 saturated heterocycles. The summed E-state index contributed by atoms with van der Waals surface area (Å²) in [6, 6.07) is 11.3. The number of likely N-dealkylation sites (tertiary alicyclic amines) is 1. The van der Waals surface area contributed by atoms with Crippen LogP contribution >= 0.6 is 0 Å². The third kappa shape index (κ3) is 3.74. The maximum Gasteiger partial charge on any atom is 0.262 e. The fourth-order valence-electron chi connectivity index (χ4n) is 4.39.